The third-order valence-electron chi connectivity index (χ3n) is 1.88. The molecule has 0 aliphatic carbocycles. The summed E-state index contributed by atoms with van der Waals surface area (Å²) in [7, 11) is 0. The van der Waals surface area contributed by atoms with Crippen molar-refractivity contribution in [3.05, 3.63) is 29.3 Å². The fourth-order valence-electron chi connectivity index (χ4n) is 1.21. The van der Waals surface area contributed by atoms with Crippen molar-refractivity contribution in [3.63, 3.8) is 0 Å². The highest BCUT2D eigenvalue weighted by molar-refractivity contribution is 6.30. The maximum atomic E-state index is 5.82. The van der Waals surface area contributed by atoms with Crippen LogP contribution in [0.25, 0.3) is 0 Å². The Labute approximate surface area is 79.0 Å². The maximum absolute atomic E-state index is 5.82. The summed E-state index contributed by atoms with van der Waals surface area (Å²) in [5.74, 6) is 0. The second kappa shape index (κ2) is 4.36. The smallest absolute Gasteiger partial charge is 0.0505 e. The number of nitrogens with zero attached hydrogens (tertiary/aromatic N) is 1. The topological polar surface area (TPSA) is 3.24 Å². The minimum atomic E-state index is 0.680. The van der Waals surface area contributed by atoms with Crippen molar-refractivity contribution in [2.75, 3.05) is 18.0 Å². The maximum Gasteiger partial charge on any atom is 0.0505 e. The molecule has 0 spiro atoms. The van der Waals surface area contributed by atoms with Crippen LogP contribution in [0.3, 0.4) is 0 Å². The van der Waals surface area contributed by atoms with Crippen molar-refractivity contribution in [1.29, 1.82) is 0 Å². The third-order valence-corrected chi connectivity index (χ3v) is 2.10. The molecule has 0 fully saturated rings. The summed E-state index contributed by atoms with van der Waals surface area (Å²) < 4.78 is 0. The van der Waals surface area contributed by atoms with Crippen LogP contribution in [0, 0.1) is 6.07 Å². The largest absolute Gasteiger partial charge is 0.372 e. The number of halogens is 1. The highest BCUT2D eigenvalue weighted by Crippen LogP contribution is 2.18. The lowest BCUT2D eigenvalue weighted by molar-refractivity contribution is 0.866. The quantitative estimate of drug-likeness (QED) is 0.695. The van der Waals surface area contributed by atoms with Crippen molar-refractivity contribution in [1.82, 2.24) is 0 Å². The minimum absolute atomic E-state index is 0.680. The number of benzene rings is 1. The van der Waals surface area contributed by atoms with Gasteiger partial charge >= 0.3 is 0 Å². The molecule has 1 aromatic carbocycles. The molecule has 0 aliphatic heterocycles. The van der Waals surface area contributed by atoms with E-state index in [2.05, 4.69) is 24.8 Å². The van der Waals surface area contributed by atoms with Crippen molar-refractivity contribution < 1.29 is 0 Å². The van der Waals surface area contributed by atoms with Gasteiger partial charge in [-0.2, -0.15) is 0 Å². The first-order valence-corrected chi connectivity index (χ1v) is 4.58. The van der Waals surface area contributed by atoms with Crippen LogP contribution in [-0.4, -0.2) is 13.1 Å². The van der Waals surface area contributed by atoms with Gasteiger partial charge in [-0.25, -0.2) is 0 Å². The molecule has 0 aliphatic rings. The second-order valence-electron chi connectivity index (χ2n) is 2.57. The van der Waals surface area contributed by atoms with E-state index in [-0.39, 0.29) is 0 Å². The number of hydrogen-bond acceptors (Lipinski definition) is 1. The molecule has 0 saturated carbocycles. The number of anilines is 1. The van der Waals surface area contributed by atoms with E-state index in [0.29, 0.717) is 5.02 Å². The van der Waals surface area contributed by atoms with Crippen LogP contribution in [-0.2, 0) is 0 Å². The first-order valence-electron chi connectivity index (χ1n) is 4.20. The fraction of sp³-hybridized carbons (Fsp3) is 0.400. The minimum Gasteiger partial charge on any atom is -0.372 e. The standard InChI is InChI=1S/C10H13ClN/c1-3-12(4-2)10-7-5-6-9(11)8-10/h5,7-8H,3-4H2,1-2H3. The van der Waals surface area contributed by atoms with Crippen molar-refractivity contribution in [3.8, 4) is 0 Å². The van der Waals surface area contributed by atoms with Crippen LogP contribution in [0.15, 0.2) is 18.2 Å². The molecule has 0 aromatic heterocycles. The van der Waals surface area contributed by atoms with E-state index in [1.54, 1.807) is 0 Å². The molecule has 12 heavy (non-hydrogen) atoms. The van der Waals surface area contributed by atoms with Gasteiger partial charge in [-0.1, -0.05) is 17.7 Å². The van der Waals surface area contributed by atoms with Crippen molar-refractivity contribution in [2.24, 2.45) is 0 Å². The average molecular weight is 183 g/mol. The van der Waals surface area contributed by atoms with Gasteiger partial charge in [-0.15, -0.1) is 0 Å². The Bertz CT molecular complexity index is 243. The molecule has 0 N–H and O–H groups in total. The molecular weight excluding hydrogens is 170 g/mol. The normalized spacial score (nSPS) is 9.92. The van der Waals surface area contributed by atoms with Crippen LogP contribution in [0.2, 0.25) is 5.02 Å². The van der Waals surface area contributed by atoms with Crippen molar-refractivity contribution in [2.45, 2.75) is 13.8 Å². The zero-order chi connectivity index (χ0) is 8.97. The fourth-order valence-corrected chi connectivity index (χ4v) is 1.39. The Hall–Kier alpha value is -0.690. The summed E-state index contributed by atoms with van der Waals surface area (Å²) in [6.07, 6.45) is 0. The number of hydrogen-bond donors (Lipinski definition) is 0. The molecule has 0 saturated heterocycles. The molecule has 0 bridgehead atoms. The molecule has 0 atom stereocenters. The Morgan fingerprint density at radius 1 is 1.42 bits per heavy atom. The van der Waals surface area contributed by atoms with Gasteiger partial charge in [0.1, 0.15) is 0 Å². The van der Waals surface area contributed by atoms with E-state index < -0.39 is 0 Å². The Kier molecular flexibility index (Phi) is 3.42. The molecule has 0 unspecified atom stereocenters. The molecule has 1 aromatic rings. The predicted octanol–water partition coefficient (Wildman–Crippen LogP) is 2.99. The zero-order valence-electron chi connectivity index (χ0n) is 7.47. The van der Waals surface area contributed by atoms with Gasteiger partial charge in [0.2, 0.25) is 0 Å². The molecule has 1 nitrogen and oxygen atoms in total. The van der Waals surface area contributed by atoms with Gasteiger partial charge in [-0.3, -0.25) is 0 Å². The number of rotatable bonds is 3. The third kappa shape index (κ3) is 2.15. The van der Waals surface area contributed by atoms with E-state index in [0.717, 1.165) is 13.1 Å². The first kappa shape index (κ1) is 9.40. The molecule has 0 amide bonds. The molecule has 1 rings (SSSR count). The summed E-state index contributed by atoms with van der Waals surface area (Å²) in [6.45, 7) is 6.29. The van der Waals surface area contributed by atoms with Crippen LogP contribution in [0.5, 0.6) is 0 Å². The zero-order valence-corrected chi connectivity index (χ0v) is 8.23. The lowest BCUT2D eigenvalue weighted by Crippen LogP contribution is -2.21. The van der Waals surface area contributed by atoms with Crippen molar-refractivity contribution >= 4 is 17.3 Å². The highest BCUT2D eigenvalue weighted by Gasteiger charge is 2.00. The summed E-state index contributed by atoms with van der Waals surface area (Å²) in [4.78, 5) is 2.25. The lowest BCUT2D eigenvalue weighted by Gasteiger charge is -2.20. The molecular formula is C10H13ClN. The van der Waals surface area contributed by atoms with Crippen LogP contribution >= 0.6 is 11.6 Å². The van der Waals surface area contributed by atoms with Crippen LogP contribution in [0.1, 0.15) is 13.8 Å². The van der Waals surface area contributed by atoms with Crippen LogP contribution < -0.4 is 4.90 Å². The average Bonchev–Trinajstić information content (AvgIpc) is 2.07. The molecule has 65 valence electrons. The second-order valence-corrected chi connectivity index (χ2v) is 2.97. The SMILES string of the molecule is CCN(CC)c1cc[c]c(Cl)c1. The van der Waals surface area contributed by atoms with Gasteiger partial charge in [-0.05, 0) is 26.0 Å². The first-order chi connectivity index (χ1) is 5.77. The van der Waals surface area contributed by atoms with Gasteiger partial charge in [0.15, 0.2) is 0 Å². The summed E-state index contributed by atoms with van der Waals surface area (Å²) >= 11 is 5.82. The van der Waals surface area contributed by atoms with Gasteiger partial charge in [0, 0.05) is 24.8 Å². The van der Waals surface area contributed by atoms with Gasteiger partial charge < -0.3 is 4.90 Å². The monoisotopic (exact) mass is 182 g/mol. The Balaban J connectivity index is 2.85. The highest BCUT2D eigenvalue weighted by atomic mass is 35.5. The Morgan fingerprint density at radius 3 is 2.58 bits per heavy atom. The molecule has 0 heterocycles. The van der Waals surface area contributed by atoms with Crippen LogP contribution in [0.4, 0.5) is 5.69 Å². The van der Waals surface area contributed by atoms with Gasteiger partial charge in [0.25, 0.3) is 0 Å². The lowest BCUT2D eigenvalue weighted by atomic mass is 10.3. The van der Waals surface area contributed by atoms with E-state index in [9.17, 15) is 0 Å². The Morgan fingerprint density at radius 2 is 2.08 bits per heavy atom. The summed E-state index contributed by atoms with van der Waals surface area (Å²) in [5.41, 5.74) is 1.17. The molecule has 2 heteroatoms. The predicted molar refractivity (Wildman–Crippen MR) is 53.8 cm³/mol. The molecule has 1 radical (unpaired) electrons. The van der Waals surface area contributed by atoms with Gasteiger partial charge in [0.05, 0.1) is 5.02 Å². The van der Waals surface area contributed by atoms with E-state index in [4.69, 9.17) is 11.6 Å². The van der Waals surface area contributed by atoms with E-state index in [1.165, 1.54) is 5.69 Å². The van der Waals surface area contributed by atoms with E-state index >= 15 is 0 Å². The summed E-state index contributed by atoms with van der Waals surface area (Å²) in [6, 6.07) is 8.74. The van der Waals surface area contributed by atoms with E-state index in [1.807, 2.05) is 18.2 Å². The summed E-state index contributed by atoms with van der Waals surface area (Å²) in [5, 5.41) is 0.680.